The van der Waals surface area contributed by atoms with Crippen LogP contribution in [0.5, 0.6) is 0 Å². The largest absolute Gasteiger partial charge is 0.422 e. The summed E-state index contributed by atoms with van der Waals surface area (Å²) in [6.45, 7) is 0. The summed E-state index contributed by atoms with van der Waals surface area (Å²) < 4.78 is 5.17. The summed E-state index contributed by atoms with van der Waals surface area (Å²) in [5, 5.41) is 9.84. The standard InChI is InChI=1S/C13H7N3O2/c14-6-7-5-9-11(16-12(7)15)8-3-1-2-4-10(8)18-13(9)17/h1-5H,(H2,15,16). The van der Waals surface area contributed by atoms with Crippen LogP contribution in [0.15, 0.2) is 39.5 Å². The molecule has 3 aromatic rings. The first-order valence-corrected chi connectivity index (χ1v) is 5.23. The Morgan fingerprint density at radius 3 is 2.83 bits per heavy atom. The number of aromatic nitrogens is 1. The van der Waals surface area contributed by atoms with Gasteiger partial charge in [0, 0.05) is 5.39 Å². The van der Waals surface area contributed by atoms with Crippen LogP contribution in [0.25, 0.3) is 21.9 Å². The van der Waals surface area contributed by atoms with E-state index in [1.54, 1.807) is 18.2 Å². The molecule has 0 amide bonds. The normalized spacial score (nSPS) is 10.6. The second kappa shape index (κ2) is 3.57. The maximum absolute atomic E-state index is 11.8. The molecular weight excluding hydrogens is 230 g/mol. The Bertz CT molecular complexity index is 875. The van der Waals surface area contributed by atoms with Crippen molar-refractivity contribution < 1.29 is 4.42 Å². The Morgan fingerprint density at radius 1 is 1.28 bits per heavy atom. The molecule has 0 aliphatic carbocycles. The number of hydrogen-bond donors (Lipinski definition) is 1. The lowest BCUT2D eigenvalue weighted by Gasteiger charge is -2.03. The maximum Gasteiger partial charge on any atom is 0.345 e. The van der Waals surface area contributed by atoms with Gasteiger partial charge >= 0.3 is 5.63 Å². The van der Waals surface area contributed by atoms with Gasteiger partial charge in [0.05, 0.1) is 16.5 Å². The number of nitrogens with zero attached hydrogens (tertiary/aromatic N) is 2. The summed E-state index contributed by atoms with van der Waals surface area (Å²) >= 11 is 0. The highest BCUT2D eigenvalue weighted by molar-refractivity contribution is 6.02. The van der Waals surface area contributed by atoms with Crippen LogP contribution in [0.2, 0.25) is 0 Å². The summed E-state index contributed by atoms with van der Waals surface area (Å²) in [5.74, 6) is 0.112. The summed E-state index contributed by atoms with van der Waals surface area (Å²) in [7, 11) is 0. The highest BCUT2D eigenvalue weighted by atomic mass is 16.4. The van der Waals surface area contributed by atoms with Gasteiger partial charge in [-0.05, 0) is 18.2 Å². The molecule has 0 saturated carbocycles. The van der Waals surface area contributed by atoms with Crippen LogP contribution in [0.1, 0.15) is 5.56 Å². The maximum atomic E-state index is 11.8. The summed E-state index contributed by atoms with van der Waals surface area (Å²) in [6, 6.07) is 10.4. The van der Waals surface area contributed by atoms with Crippen LogP contribution < -0.4 is 11.4 Å². The molecule has 5 nitrogen and oxygen atoms in total. The quantitative estimate of drug-likeness (QED) is 0.475. The molecule has 2 heterocycles. The number of hydrogen-bond acceptors (Lipinski definition) is 5. The van der Waals surface area contributed by atoms with E-state index in [2.05, 4.69) is 4.98 Å². The monoisotopic (exact) mass is 237 g/mol. The molecule has 0 aliphatic heterocycles. The van der Waals surface area contributed by atoms with Crippen molar-refractivity contribution in [1.82, 2.24) is 4.98 Å². The summed E-state index contributed by atoms with van der Waals surface area (Å²) in [6.07, 6.45) is 0. The van der Waals surface area contributed by atoms with Crippen LogP contribution in [0.4, 0.5) is 5.82 Å². The summed E-state index contributed by atoms with van der Waals surface area (Å²) in [4.78, 5) is 15.9. The Kier molecular flexibility index (Phi) is 2.04. The van der Waals surface area contributed by atoms with E-state index in [4.69, 9.17) is 15.4 Å². The molecule has 0 saturated heterocycles. The smallest absolute Gasteiger partial charge is 0.345 e. The molecule has 0 spiro atoms. The zero-order valence-electron chi connectivity index (χ0n) is 9.18. The third kappa shape index (κ3) is 1.33. The van der Waals surface area contributed by atoms with E-state index >= 15 is 0 Å². The molecule has 18 heavy (non-hydrogen) atoms. The van der Waals surface area contributed by atoms with Crippen LogP contribution in [0, 0.1) is 11.3 Å². The molecule has 2 N–H and O–H groups in total. The molecule has 5 heteroatoms. The van der Waals surface area contributed by atoms with Crippen molar-refractivity contribution in [1.29, 1.82) is 5.26 Å². The average molecular weight is 237 g/mol. The lowest BCUT2D eigenvalue weighted by molar-refractivity contribution is 0.569. The molecule has 86 valence electrons. The molecule has 2 aromatic heterocycles. The highest BCUT2D eigenvalue weighted by Gasteiger charge is 2.11. The van der Waals surface area contributed by atoms with E-state index in [0.717, 1.165) is 0 Å². The Labute approximate surface area is 101 Å². The van der Waals surface area contributed by atoms with Gasteiger partial charge in [-0.3, -0.25) is 0 Å². The lowest BCUT2D eigenvalue weighted by atomic mass is 10.1. The van der Waals surface area contributed by atoms with Gasteiger partial charge in [-0.2, -0.15) is 5.26 Å². The van der Waals surface area contributed by atoms with Crippen LogP contribution >= 0.6 is 0 Å². The number of benzene rings is 1. The molecule has 0 bridgehead atoms. The Hall–Kier alpha value is -2.87. The van der Waals surface area contributed by atoms with E-state index in [0.29, 0.717) is 16.5 Å². The van der Waals surface area contributed by atoms with Crippen LogP contribution in [-0.2, 0) is 0 Å². The minimum atomic E-state index is -0.521. The fourth-order valence-electron chi connectivity index (χ4n) is 1.88. The average Bonchev–Trinajstić information content (AvgIpc) is 2.38. The zero-order chi connectivity index (χ0) is 12.7. The van der Waals surface area contributed by atoms with Crippen molar-refractivity contribution in [3.05, 3.63) is 46.3 Å². The summed E-state index contributed by atoms with van der Waals surface area (Å²) in [5.41, 5.74) is 6.23. The first kappa shape index (κ1) is 10.3. The minimum Gasteiger partial charge on any atom is -0.422 e. The number of fused-ring (bicyclic) bond motifs is 3. The number of pyridine rings is 1. The number of nitriles is 1. The second-order valence-electron chi connectivity index (χ2n) is 3.81. The number of nitrogen functional groups attached to an aromatic ring is 1. The molecule has 0 radical (unpaired) electrons. The van der Waals surface area contributed by atoms with Gasteiger partial charge in [-0.15, -0.1) is 0 Å². The number of nitrogens with two attached hydrogens (primary N) is 1. The van der Waals surface area contributed by atoms with Crippen molar-refractivity contribution in [2.45, 2.75) is 0 Å². The first-order valence-electron chi connectivity index (χ1n) is 5.23. The van der Waals surface area contributed by atoms with E-state index in [1.807, 2.05) is 12.1 Å². The molecular formula is C13H7N3O2. The van der Waals surface area contributed by atoms with Crippen molar-refractivity contribution in [2.24, 2.45) is 0 Å². The first-order chi connectivity index (χ1) is 8.70. The van der Waals surface area contributed by atoms with Gasteiger partial charge in [0.25, 0.3) is 0 Å². The van der Waals surface area contributed by atoms with Gasteiger partial charge in [-0.25, -0.2) is 9.78 Å². The van der Waals surface area contributed by atoms with Crippen molar-refractivity contribution in [2.75, 3.05) is 5.73 Å². The van der Waals surface area contributed by atoms with Crippen molar-refractivity contribution in [3.63, 3.8) is 0 Å². The van der Waals surface area contributed by atoms with Gasteiger partial charge in [0.15, 0.2) is 0 Å². The third-order valence-electron chi connectivity index (χ3n) is 2.74. The second-order valence-corrected chi connectivity index (χ2v) is 3.81. The lowest BCUT2D eigenvalue weighted by Crippen LogP contribution is -2.04. The number of anilines is 1. The van der Waals surface area contributed by atoms with Gasteiger partial charge in [-0.1, -0.05) is 12.1 Å². The van der Waals surface area contributed by atoms with E-state index in [-0.39, 0.29) is 16.8 Å². The van der Waals surface area contributed by atoms with Crippen LogP contribution in [0.3, 0.4) is 0 Å². The van der Waals surface area contributed by atoms with E-state index < -0.39 is 5.63 Å². The Morgan fingerprint density at radius 2 is 2.06 bits per heavy atom. The fourth-order valence-corrected chi connectivity index (χ4v) is 1.88. The highest BCUT2D eigenvalue weighted by Crippen LogP contribution is 2.23. The van der Waals surface area contributed by atoms with Crippen molar-refractivity contribution in [3.8, 4) is 6.07 Å². The molecule has 0 fully saturated rings. The van der Waals surface area contributed by atoms with Gasteiger partial charge < -0.3 is 10.2 Å². The fraction of sp³-hybridized carbons (Fsp3) is 0. The number of rotatable bonds is 0. The topological polar surface area (TPSA) is 92.9 Å². The molecule has 0 atom stereocenters. The number of para-hydroxylation sites is 1. The van der Waals surface area contributed by atoms with E-state index in [1.165, 1.54) is 6.07 Å². The molecule has 0 unspecified atom stereocenters. The predicted molar refractivity (Wildman–Crippen MR) is 66.9 cm³/mol. The minimum absolute atomic E-state index is 0.112. The predicted octanol–water partition coefficient (Wildman–Crippen LogP) is 1.80. The van der Waals surface area contributed by atoms with Gasteiger partial charge in [0.2, 0.25) is 0 Å². The van der Waals surface area contributed by atoms with Crippen LogP contribution in [-0.4, -0.2) is 4.98 Å². The molecule has 3 rings (SSSR count). The van der Waals surface area contributed by atoms with Crippen molar-refractivity contribution >= 4 is 27.7 Å². The van der Waals surface area contributed by atoms with E-state index in [9.17, 15) is 4.79 Å². The zero-order valence-corrected chi connectivity index (χ0v) is 9.18. The molecule has 1 aromatic carbocycles. The third-order valence-corrected chi connectivity index (χ3v) is 2.74. The Balaban J connectivity index is 2.62. The SMILES string of the molecule is N#Cc1cc2c(=O)oc3ccccc3c2nc1N. The molecule has 0 aliphatic rings. The van der Waals surface area contributed by atoms with Gasteiger partial charge in [0.1, 0.15) is 17.5 Å².